The number of hydrogen-bond donors (Lipinski definition) is 2. The van der Waals surface area contributed by atoms with Gasteiger partial charge in [-0.05, 0) is 30.2 Å². The molecule has 0 unspecified atom stereocenters. The average molecular weight is 369 g/mol. The van der Waals surface area contributed by atoms with Gasteiger partial charge in [-0.25, -0.2) is 26.5 Å². The Labute approximate surface area is 142 Å². The van der Waals surface area contributed by atoms with Crippen LogP contribution in [0, 0.1) is 5.92 Å². The Balaban J connectivity index is 2.41. The van der Waals surface area contributed by atoms with Gasteiger partial charge in [0.25, 0.3) is 10.0 Å². The van der Waals surface area contributed by atoms with E-state index in [-0.39, 0.29) is 28.1 Å². The molecule has 0 fully saturated rings. The molecule has 2 N–H and O–H groups in total. The Hall–Kier alpha value is -1.97. The van der Waals surface area contributed by atoms with Crippen LogP contribution in [0.5, 0.6) is 0 Å². The maximum Gasteiger partial charge on any atom is 0.264 e. The van der Waals surface area contributed by atoms with Gasteiger partial charge in [0.2, 0.25) is 10.0 Å². The molecule has 9 heteroatoms. The monoisotopic (exact) mass is 369 g/mol. The van der Waals surface area contributed by atoms with Crippen molar-refractivity contribution in [1.82, 2.24) is 9.71 Å². The van der Waals surface area contributed by atoms with Crippen molar-refractivity contribution in [3.63, 3.8) is 0 Å². The molecule has 0 aliphatic carbocycles. The lowest BCUT2D eigenvalue weighted by atomic mass is 10.2. The largest absolute Gasteiger partial charge is 0.264 e. The fourth-order valence-corrected chi connectivity index (χ4v) is 4.92. The van der Waals surface area contributed by atoms with Crippen LogP contribution in [-0.4, -0.2) is 28.4 Å². The first kappa shape index (κ1) is 18.4. The Kier molecular flexibility index (Phi) is 5.58. The molecule has 2 aromatic rings. The number of hydrogen-bond acceptors (Lipinski definition) is 5. The molecule has 0 bridgehead atoms. The average Bonchev–Trinajstić information content (AvgIpc) is 2.54. The summed E-state index contributed by atoms with van der Waals surface area (Å²) in [5.41, 5.74) is 0. The lowest BCUT2D eigenvalue weighted by Crippen LogP contribution is -2.29. The number of rotatable bonds is 7. The minimum Gasteiger partial charge on any atom is -0.263 e. The van der Waals surface area contributed by atoms with E-state index in [9.17, 15) is 16.8 Å². The Morgan fingerprint density at radius 3 is 2.04 bits per heavy atom. The van der Waals surface area contributed by atoms with Gasteiger partial charge in [0.1, 0.15) is 15.6 Å². The molecule has 1 aromatic heterocycles. The fraction of sp³-hybridized carbons (Fsp3) is 0.267. The zero-order chi connectivity index (χ0) is 17.8. The molecule has 0 radical (unpaired) electrons. The van der Waals surface area contributed by atoms with E-state index in [0.717, 1.165) is 0 Å². The predicted molar refractivity (Wildman–Crippen MR) is 91.5 cm³/mol. The van der Waals surface area contributed by atoms with E-state index in [1.54, 1.807) is 12.1 Å². The van der Waals surface area contributed by atoms with Crippen LogP contribution in [0.15, 0.2) is 58.5 Å². The number of anilines is 1. The third-order valence-electron chi connectivity index (χ3n) is 3.01. The van der Waals surface area contributed by atoms with Crippen LogP contribution in [0.4, 0.5) is 5.82 Å². The molecule has 0 aliphatic heterocycles. The van der Waals surface area contributed by atoms with Crippen molar-refractivity contribution in [2.45, 2.75) is 23.6 Å². The molecular weight excluding hydrogens is 350 g/mol. The van der Waals surface area contributed by atoms with E-state index in [1.165, 1.54) is 36.5 Å². The second kappa shape index (κ2) is 7.29. The minimum absolute atomic E-state index is 0.0928. The molecule has 7 nitrogen and oxygen atoms in total. The fourth-order valence-electron chi connectivity index (χ4n) is 1.86. The van der Waals surface area contributed by atoms with Crippen molar-refractivity contribution in [2.75, 3.05) is 11.3 Å². The minimum atomic E-state index is -4.10. The number of benzene rings is 1. The molecule has 1 aromatic carbocycles. The molecule has 0 aliphatic rings. The van der Waals surface area contributed by atoms with E-state index in [4.69, 9.17) is 0 Å². The lowest BCUT2D eigenvalue weighted by Gasteiger charge is -2.13. The number of sulfonamides is 2. The second-order valence-electron chi connectivity index (χ2n) is 5.51. The van der Waals surface area contributed by atoms with Crippen molar-refractivity contribution in [1.29, 1.82) is 0 Å². The van der Waals surface area contributed by atoms with Gasteiger partial charge in [-0.1, -0.05) is 32.0 Å². The highest BCUT2D eigenvalue weighted by molar-refractivity contribution is 7.94. The highest BCUT2D eigenvalue weighted by Crippen LogP contribution is 2.22. The van der Waals surface area contributed by atoms with Gasteiger partial charge >= 0.3 is 0 Å². The number of nitrogens with one attached hydrogen (secondary N) is 2. The van der Waals surface area contributed by atoms with E-state index in [2.05, 4.69) is 14.4 Å². The van der Waals surface area contributed by atoms with E-state index in [0.29, 0.717) is 0 Å². The van der Waals surface area contributed by atoms with E-state index < -0.39 is 20.0 Å². The third kappa shape index (κ3) is 4.53. The second-order valence-corrected chi connectivity index (χ2v) is 8.90. The van der Waals surface area contributed by atoms with Gasteiger partial charge in [-0.15, -0.1) is 0 Å². The topological polar surface area (TPSA) is 105 Å². The molecule has 0 amide bonds. The normalized spacial score (nSPS) is 12.3. The van der Waals surface area contributed by atoms with Gasteiger partial charge in [-0.2, -0.15) is 0 Å². The maximum absolute atomic E-state index is 12.6. The summed E-state index contributed by atoms with van der Waals surface area (Å²) >= 11 is 0. The van der Waals surface area contributed by atoms with Crippen molar-refractivity contribution in [2.24, 2.45) is 5.92 Å². The summed E-state index contributed by atoms with van der Waals surface area (Å²) in [4.78, 5) is 3.26. The van der Waals surface area contributed by atoms with Crippen LogP contribution in [0.3, 0.4) is 0 Å². The Morgan fingerprint density at radius 1 is 0.917 bits per heavy atom. The predicted octanol–water partition coefficient (Wildman–Crippen LogP) is 1.82. The summed E-state index contributed by atoms with van der Waals surface area (Å²) in [6, 6.07) is 10.2. The SMILES string of the molecule is CC(C)CNS(=O)(=O)c1ccccc1S(=O)(=O)Nc1ccccn1. The maximum atomic E-state index is 12.6. The summed E-state index contributed by atoms with van der Waals surface area (Å²) in [5, 5.41) is 0. The van der Waals surface area contributed by atoms with Crippen LogP contribution >= 0.6 is 0 Å². The lowest BCUT2D eigenvalue weighted by molar-refractivity contribution is 0.556. The van der Waals surface area contributed by atoms with Crippen molar-refractivity contribution < 1.29 is 16.8 Å². The highest BCUT2D eigenvalue weighted by Gasteiger charge is 2.26. The molecule has 0 saturated heterocycles. The smallest absolute Gasteiger partial charge is 0.263 e. The van der Waals surface area contributed by atoms with Crippen LogP contribution in [-0.2, 0) is 20.0 Å². The summed E-state index contributed by atoms with van der Waals surface area (Å²) in [7, 11) is -8.05. The van der Waals surface area contributed by atoms with E-state index in [1.807, 2.05) is 13.8 Å². The first-order valence-corrected chi connectivity index (χ1v) is 10.2. The Bertz CT molecular complexity index is 895. The quantitative estimate of drug-likeness (QED) is 0.774. The molecule has 0 atom stereocenters. The molecular formula is C15H19N3O4S2. The highest BCUT2D eigenvalue weighted by atomic mass is 32.2. The zero-order valence-corrected chi connectivity index (χ0v) is 14.9. The van der Waals surface area contributed by atoms with Crippen molar-refractivity contribution in [3.8, 4) is 0 Å². The van der Waals surface area contributed by atoms with Gasteiger partial charge in [0.05, 0.1) is 0 Å². The third-order valence-corrected chi connectivity index (χ3v) is 6.04. The standard InChI is InChI=1S/C15H19N3O4S2/c1-12(2)11-17-23(19,20)13-7-3-4-8-14(13)24(21,22)18-15-9-5-6-10-16-15/h3-10,12,17H,11H2,1-2H3,(H,16,18). The summed E-state index contributed by atoms with van der Waals surface area (Å²) in [5.74, 6) is 0.204. The molecule has 130 valence electrons. The van der Waals surface area contributed by atoms with Crippen LogP contribution < -0.4 is 9.44 Å². The number of pyridine rings is 1. The summed E-state index contributed by atoms with van der Waals surface area (Å²) < 4.78 is 54.7. The van der Waals surface area contributed by atoms with Gasteiger partial charge in [-0.3, -0.25) is 4.72 Å². The molecule has 0 saturated carbocycles. The Morgan fingerprint density at radius 2 is 1.50 bits per heavy atom. The summed E-state index contributed by atoms with van der Waals surface area (Å²) in [6.45, 7) is 3.92. The first-order valence-electron chi connectivity index (χ1n) is 7.25. The summed E-state index contributed by atoms with van der Waals surface area (Å²) in [6.07, 6.45) is 1.44. The molecule has 1 heterocycles. The van der Waals surface area contributed by atoms with Crippen molar-refractivity contribution in [3.05, 3.63) is 48.7 Å². The van der Waals surface area contributed by atoms with Crippen LogP contribution in [0.25, 0.3) is 0 Å². The van der Waals surface area contributed by atoms with Gasteiger partial charge in [0.15, 0.2) is 0 Å². The number of aromatic nitrogens is 1. The zero-order valence-electron chi connectivity index (χ0n) is 13.3. The van der Waals surface area contributed by atoms with E-state index >= 15 is 0 Å². The van der Waals surface area contributed by atoms with Gasteiger partial charge < -0.3 is 0 Å². The van der Waals surface area contributed by atoms with Crippen LogP contribution in [0.1, 0.15) is 13.8 Å². The molecule has 2 rings (SSSR count). The van der Waals surface area contributed by atoms with Crippen LogP contribution in [0.2, 0.25) is 0 Å². The number of nitrogens with zero attached hydrogens (tertiary/aromatic N) is 1. The molecule has 24 heavy (non-hydrogen) atoms. The molecule has 0 spiro atoms. The first-order chi connectivity index (χ1) is 11.2. The van der Waals surface area contributed by atoms with Gasteiger partial charge in [0, 0.05) is 12.7 Å². The van der Waals surface area contributed by atoms with Crippen molar-refractivity contribution >= 4 is 25.9 Å².